The van der Waals surface area contributed by atoms with E-state index in [0.717, 1.165) is 11.1 Å². The lowest BCUT2D eigenvalue weighted by Gasteiger charge is -2.25. The summed E-state index contributed by atoms with van der Waals surface area (Å²) in [6.07, 6.45) is 2.68. The zero-order chi connectivity index (χ0) is 19.5. The van der Waals surface area contributed by atoms with Gasteiger partial charge in [0.2, 0.25) is 5.91 Å². The molecule has 1 aromatic heterocycles. The van der Waals surface area contributed by atoms with Crippen LogP contribution in [0.5, 0.6) is 5.75 Å². The molecule has 0 spiro atoms. The van der Waals surface area contributed by atoms with Gasteiger partial charge in [-0.05, 0) is 48.4 Å². The summed E-state index contributed by atoms with van der Waals surface area (Å²) in [5.74, 6) is -0.0307. The van der Waals surface area contributed by atoms with Crippen LogP contribution in [0.3, 0.4) is 0 Å². The summed E-state index contributed by atoms with van der Waals surface area (Å²) in [6, 6.07) is 14.9. The first kappa shape index (κ1) is 17.8. The molecule has 7 nitrogen and oxygen atoms in total. The Kier molecular flexibility index (Phi) is 4.80. The number of carbonyl (C=O) groups is 2. The molecule has 2 amide bonds. The van der Waals surface area contributed by atoms with Crippen LogP contribution >= 0.6 is 0 Å². The van der Waals surface area contributed by atoms with Crippen LogP contribution in [0.15, 0.2) is 60.9 Å². The van der Waals surface area contributed by atoms with E-state index in [1.165, 1.54) is 0 Å². The van der Waals surface area contributed by atoms with Gasteiger partial charge in [-0.3, -0.25) is 14.3 Å². The van der Waals surface area contributed by atoms with Crippen molar-refractivity contribution >= 4 is 23.2 Å². The molecule has 0 fully saturated rings. The first-order chi connectivity index (χ1) is 13.6. The second-order valence-electron chi connectivity index (χ2n) is 6.75. The van der Waals surface area contributed by atoms with E-state index < -0.39 is 6.10 Å². The van der Waals surface area contributed by atoms with Crippen molar-refractivity contribution in [2.75, 3.05) is 10.6 Å². The maximum atomic E-state index is 12.4. The quantitative estimate of drug-likeness (QED) is 0.717. The minimum absolute atomic E-state index is 0.0669. The molecule has 0 saturated carbocycles. The topological polar surface area (TPSA) is 85.3 Å². The van der Waals surface area contributed by atoms with Crippen molar-refractivity contribution in [3.8, 4) is 5.75 Å². The Morgan fingerprint density at radius 1 is 1.25 bits per heavy atom. The molecule has 1 aliphatic rings. The van der Waals surface area contributed by atoms with E-state index in [0.29, 0.717) is 23.7 Å². The number of hydrogen-bond acceptors (Lipinski definition) is 4. The van der Waals surface area contributed by atoms with Crippen molar-refractivity contribution in [3.63, 3.8) is 0 Å². The fourth-order valence-electron chi connectivity index (χ4n) is 3.11. The molecule has 142 valence electrons. The fourth-order valence-corrected chi connectivity index (χ4v) is 3.11. The van der Waals surface area contributed by atoms with Crippen LogP contribution in [0.2, 0.25) is 0 Å². The largest absolute Gasteiger partial charge is 0.478 e. The lowest BCUT2D eigenvalue weighted by Crippen LogP contribution is -2.39. The standard InChI is InChI=1S/C21H20N4O3/c1-14-6-7-18-17(10-14)24-21(27)19(28-18)12-20(26)23-16-5-2-4-15(11-16)13-25-9-3-8-22-25/h2-11,19H,12-13H2,1H3,(H,23,26)(H,24,27). The van der Waals surface area contributed by atoms with E-state index >= 15 is 0 Å². The number of ether oxygens (including phenoxy) is 1. The van der Waals surface area contributed by atoms with Gasteiger partial charge < -0.3 is 15.4 Å². The Morgan fingerprint density at radius 3 is 2.96 bits per heavy atom. The van der Waals surface area contributed by atoms with E-state index in [-0.39, 0.29) is 18.2 Å². The van der Waals surface area contributed by atoms with Crippen molar-refractivity contribution in [1.29, 1.82) is 0 Å². The Labute approximate surface area is 162 Å². The van der Waals surface area contributed by atoms with Gasteiger partial charge in [-0.2, -0.15) is 5.10 Å². The lowest BCUT2D eigenvalue weighted by atomic mass is 10.1. The van der Waals surface area contributed by atoms with Gasteiger partial charge >= 0.3 is 0 Å². The molecule has 4 rings (SSSR count). The summed E-state index contributed by atoms with van der Waals surface area (Å²) in [6.45, 7) is 2.55. The average molecular weight is 376 g/mol. The van der Waals surface area contributed by atoms with Crippen molar-refractivity contribution < 1.29 is 14.3 Å². The van der Waals surface area contributed by atoms with Crippen molar-refractivity contribution in [1.82, 2.24) is 9.78 Å². The summed E-state index contributed by atoms with van der Waals surface area (Å²) in [5.41, 5.74) is 3.33. The normalized spacial score (nSPS) is 15.3. The van der Waals surface area contributed by atoms with E-state index in [2.05, 4.69) is 15.7 Å². The van der Waals surface area contributed by atoms with Gasteiger partial charge in [-0.25, -0.2) is 0 Å². The van der Waals surface area contributed by atoms with E-state index in [1.807, 2.05) is 55.6 Å². The predicted molar refractivity (Wildman–Crippen MR) is 105 cm³/mol. The highest BCUT2D eigenvalue weighted by atomic mass is 16.5. The zero-order valence-electron chi connectivity index (χ0n) is 15.4. The molecule has 1 aliphatic heterocycles. The second kappa shape index (κ2) is 7.56. The number of anilines is 2. The highest BCUT2D eigenvalue weighted by Crippen LogP contribution is 2.31. The molecule has 0 aliphatic carbocycles. The highest BCUT2D eigenvalue weighted by Gasteiger charge is 2.29. The monoisotopic (exact) mass is 376 g/mol. The fraction of sp³-hybridized carbons (Fsp3) is 0.190. The van der Waals surface area contributed by atoms with E-state index in [1.54, 1.807) is 16.9 Å². The van der Waals surface area contributed by atoms with Crippen LogP contribution in [-0.2, 0) is 16.1 Å². The molecule has 3 aromatic rings. The van der Waals surface area contributed by atoms with Crippen LogP contribution in [0.4, 0.5) is 11.4 Å². The van der Waals surface area contributed by atoms with Crippen LogP contribution in [0.1, 0.15) is 17.5 Å². The summed E-state index contributed by atoms with van der Waals surface area (Å²) in [7, 11) is 0. The SMILES string of the molecule is Cc1ccc2c(c1)NC(=O)C(CC(=O)Nc1cccc(Cn3cccn3)c1)O2. The van der Waals surface area contributed by atoms with E-state index in [4.69, 9.17) is 4.74 Å². The second-order valence-corrected chi connectivity index (χ2v) is 6.75. The van der Waals surface area contributed by atoms with Gasteiger partial charge in [-0.15, -0.1) is 0 Å². The maximum absolute atomic E-state index is 12.4. The third-order valence-corrected chi connectivity index (χ3v) is 4.44. The van der Waals surface area contributed by atoms with Crippen LogP contribution in [0, 0.1) is 6.92 Å². The molecule has 0 bridgehead atoms. The third-order valence-electron chi connectivity index (χ3n) is 4.44. The Morgan fingerprint density at radius 2 is 2.14 bits per heavy atom. The van der Waals surface area contributed by atoms with Crippen molar-refractivity contribution in [3.05, 3.63) is 72.1 Å². The third kappa shape index (κ3) is 4.03. The molecule has 1 atom stereocenters. The van der Waals surface area contributed by atoms with Gasteiger partial charge in [0.25, 0.3) is 5.91 Å². The summed E-state index contributed by atoms with van der Waals surface area (Å²) in [4.78, 5) is 24.7. The number of benzene rings is 2. The smallest absolute Gasteiger partial charge is 0.266 e. The molecule has 1 unspecified atom stereocenters. The zero-order valence-corrected chi connectivity index (χ0v) is 15.4. The number of aromatic nitrogens is 2. The molecule has 0 saturated heterocycles. The number of nitrogens with one attached hydrogen (secondary N) is 2. The number of carbonyl (C=O) groups excluding carboxylic acids is 2. The molecule has 7 heteroatoms. The highest BCUT2D eigenvalue weighted by molar-refractivity contribution is 6.02. The van der Waals surface area contributed by atoms with Crippen LogP contribution in [0.25, 0.3) is 0 Å². The summed E-state index contributed by atoms with van der Waals surface area (Å²) >= 11 is 0. The molecule has 2 aromatic carbocycles. The maximum Gasteiger partial charge on any atom is 0.266 e. The Balaban J connectivity index is 1.39. The molecular weight excluding hydrogens is 356 g/mol. The molecule has 2 heterocycles. The van der Waals surface area contributed by atoms with Gasteiger partial charge in [-0.1, -0.05) is 18.2 Å². The number of rotatable bonds is 5. The van der Waals surface area contributed by atoms with Gasteiger partial charge in [0.1, 0.15) is 5.75 Å². The minimum Gasteiger partial charge on any atom is -0.478 e. The van der Waals surface area contributed by atoms with Crippen molar-refractivity contribution in [2.45, 2.75) is 26.0 Å². The minimum atomic E-state index is -0.859. The van der Waals surface area contributed by atoms with Crippen LogP contribution in [-0.4, -0.2) is 27.7 Å². The van der Waals surface area contributed by atoms with Crippen molar-refractivity contribution in [2.24, 2.45) is 0 Å². The first-order valence-corrected chi connectivity index (χ1v) is 9.01. The summed E-state index contributed by atoms with van der Waals surface area (Å²) in [5, 5.41) is 9.81. The van der Waals surface area contributed by atoms with Gasteiger partial charge in [0.15, 0.2) is 6.10 Å². The number of fused-ring (bicyclic) bond motifs is 1. The van der Waals surface area contributed by atoms with Gasteiger partial charge in [0, 0.05) is 18.1 Å². The van der Waals surface area contributed by atoms with Crippen LogP contribution < -0.4 is 15.4 Å². The Bertz CT molecular complexity index is 1010. The summed E-state index contributed by atoms with van der Waals surface area (Å²) < 4.78 is 7.52. The number of nitrogens with zero attached hydrogens (tertiary/aromatic N) is 2. The molecule has 2 N–H and O–H groups in total. The van der Waals surface area contributed by atoms with E-state index in [9.17, 15) is 9.59 Å². The molecule has 0 radical (unpaired) electrons. The molecule has 28 heavy (non-hydrogen) atoms. The number of aryl methyl sites for hydroxylation is 1. The number of hydrogen-bond donors (Lipinski definition) is 2. The first-order valence-electron chi connectivity index (χ1n) is 9.01. The Hall–Kier alpha value is -3.61. The molecular formula is C21H20N4O3. The average Bonchev–Trinajstić information content (AvgIpc) is 3.16. The lowest BCUT2D eigenvalue weighted by molar-refractivity contribution is -0.128. The van der Waals surface area contributed by atoms with Gasteiger partial charge in [0.05, 0.1) is 18.7 Å². The predicted octanol–water partition coefficient (Wildman–Crippen LogP) is 2.97. The number of amides is 2.